The lowest BCUT2D eigenvalue weighted by atomic mass is 9.74. The van der Waals surface area contributed by atoms with E-state index in [4.69, 9.17) is 9.47 Å². The number of carbonyl (C=O) groups excluding carboxylic acids is 2. The molecular formula is C20H12O7. The van der Waals surface area contributed by atoms with Crippen molar-refractivity contribution in [2.75, 3.05) is 0 Å². The van der Waals surface area contributed by atoms with Crippen LogP contribution in [-0.4, -0.2) is 32.9 Å². The molecule has 1 atom stereocenters. The van der Waals surface area contributed by atoms with E-state index < -0.39 is 23.1 Å². The summed E-state index contributed by atoms with van der Waals surface area (Å²) in [6.07, 6.45) is 1.83. The summed E-state index contributed by atoms with van der Waals surface area (Å²) in [5.74, 6) is -4.41. The molecule has 1 unspecified atom stereocenters. The highest BCUT2D eigenvalue weighted by molar-refractivity contribution is 6.02. The molecule has 0 aromatic heterocycles. The van der Waals surface area contributed by atoms with Crippen molar-refractivity contribution in [2.24, 2.45) is 0 Å². The van der Waals surface area contributed by atoms with Crippen molar-refractivity contribution >= 4 is 11.8 Å². The predicted molar refractivity (Wildman–Crippen MR) is 89.7 cm³/mol. The minimum atomic E-state index is -2.79. The minimum absolute atomic E-state index is 0.0151. The molecule has 27 heavy (non-hydrogen) atoms. The quantitative estimate of drug-likeness (QED) is 0.477. The first kappa shape index (κ1) is 15.8. The van der Waals surface area contributed by atoms with Gasteiger partial charge in [0, 0.05) is 17.2 Å². The lowest BCUT2D eigenvalue weighted by Gasteiger charge is -2.40. The summed E-state index contributed by atoms with van der Waals surface area (Å²) in [6.45, 7) is 0. The van der Waals surface area contributed by atoms with E-state index in [1.54, 1.807) is 36.4 Å². The number of phenols is 1. The van der Waals surface area contributed by atoms with E-state index in [9.17, 15) is 24.9 Å². The number of aromatic hydroxyl groups is 1. The average molecular weight is 364 g/mol. The summed E-state index contributed by atoms with van der Waals surface area (Å²) in [5, 5.41) is 30.7. The molecule has 2 aliphatic heterocycles. The van der Waals surface area contributed by atoms with Gasteiger partial charge in [-0.3, -0.25) is 4.79 Å². The van der Waals surface area contributed by atoms with Crippen LogP contribution in [0.25, 0.3) is 0 Å². The predicted octanol–water partition coefficient (Wildman–Crippen LogP) is 1.27. The van der Waals surface area contributed by atoms with Crippen molar-refractivity contribution < 1.29 is 34.4 Å². The lowest BCUT2D eigenvalue weighted by molar-refractivity contribution is -0.161. The number of fused-ring (bicyclic) bond motifs is 6. The number of hydrogen-bond donors (Lipinski definition) is 3. The fraction of sp³-hybridized carbons (Fsp3) is 0.100. The van der Waals surface area contributed by atoms with Gasteiger partial charge in [-0.15, -0.1) is 0 Å². The Hall–Kier alpha value is -3.42. The van der Waals surface area contributed by atoms with Crippen LogP contribution in [0.5, 0.6) is 11.5 Å². The van der Waals surface area contributed by atoms with Gasteiger partial charge >= 0.3 is 5.97 Å². The zero-order valence-corrected chi connectivity index (χ0v) is 13.7. The fourth-order valence-corrected chi connectivity index (χ4v) is 3.82. The Morgan fingerprint density at radius 1 is 0.963 bits per heavy atom. The Kier molecular flexibility index (Phi) is 2.84. The van der Waals surface area contributed by atoms with Gasteiger partial charge in [-0.05, 0) is 24.3 Å². The van der Waals surface area contributed by atoms with E-state index in [2.05, 4.69) is 0 Å². The topological polar surface area (TPSA) is 113 Å². The van der Waals surface area contributed by atoms with Crippen LogP contribution in [0.15, 0.2) is 65.9 Å². The maximum atomic E-state index is 12.6. The van der Waals surface area contributed by atoms with E-state index in [-0.39, 0.29) is 34.0 Å². The smallest absolute Gasteiger partial charge is 0.340 e. The van der Waals surface area contributed by atoms with Gasteiger partial charge in [-0.2, -0.15) is 0 Å². The van der Waals surface area contributed by atoms with Crippen molar-refractivity contribution in [1.29, 1.82) is 0 Å². The Balaban J connectivity index is 1.93. The number of rotatable bonds is 0. The number of ether oxygens (including phenoxy) is 2. The molecule has 7 heteroatoms. The second-order valence-electron chi connectivity index (χ2n) is 6.53. The normalized spacial score (nSPS) is 24.2. The number of esters is 1. The van der Waals surface area contributed by atoms with Gasteiger partial charge in [-0.1, -0.05) is 24.3 Å². The molecule has 0 saturated heterocycles. The SMILES string of the molecule is O=C1OC2(C3=CC(O)(O)C(=O)C=C3Oc3cccc(O)c32)c2ccccc21. The van der Waals surface area contributed by atoms with E-state index in [0.29, 0.717) is 5.56 Å². The van der Waals surface area contributed by atoms with Crippen LogP contribution in [0.3, 0.4) is 0 Å². The summed E-state index contributed by atoms with van der Waals surface area (Å²) in [4.78, 5) is 24.6. The van der Waals surface area contributed by atoms with E-state index >= 15 is 0 Å². The summed E-state index contributed by atoms with van der Waals surface area (Å²) < 4.78 is 11.5. The molecule has 2 heterocycles. The van der Waals surface area contributed by atoms with Gasteiger partial charge in [0.25, 0.3) is 0 Å². The Morgan fingerprint density at radius 3 is 2.56 bits per heavy atom. The first-order valence-corrected chi connectivity index (χ1v) is 8.12. The summed E-state index contributed by atoms with van der Waals surface area (Å²) in [5.41, 5.74) is -0.789. The Bertz CT molecular complexity index is 1110. The second kappa shape index (κ2) is 4.85. The molecule has 0 bridgehead atoms. The van der Waals surface area contributed by atoms with E-state index in [1.807, 2.05) is 0 Å². The van der Waals surface area contributed by atoms with Gasteiger partial charge in [0.2, 0.25) is 11.6 Å². The number of benzene rings is 2. The number of phenolic OH excluding ortho intramolecular Hbond substituents is 1. The molecule has 134 valence electrons. The fourth-order valence-electron chi connectivity index (χ4n) is 3.82. The standard InChI is InChI=1S/C20H12O7/c21-13-6-3-7-14-17(13)20(11-5-2-1-4-10(11)18(23)27-20)12-9-19(24,25)16(22)8-15(12)26-14/h1-9,21,24-25H. The first-order valence-electron chi connectivity index (χ1n) is 8.12. The molecule has 1 aliphatic carbocycles. The number of carbonyl (C=O) groups is 2. The molecule has 0 radical (unpaired) electrons. The van der Waals surface area contributed by atoms with E-state index in [0.717, 1.165) is 12.2 Å². The summed E-state index contributed by atoms with van der Waals surface area (Å²) in [7, 11) is 0. The molecule has 3 aliphatic rings. The molecule has 3 N–H and O–H groups in total. The molecule has 2 aromatic carbocycles. The third-order valence-corrected chi connectivity index (χ3v) is 4.96. The van der Waals surface area contributed by atoms with Crippen molar-refractivity contribution in [3.63, 3.8) is 0 Å². The lowest BCUT2D eigenvalue weighted by Crippen LogP contribution is -2.44. The van der Waals surface area contributed by atoms with Crippen LogP contribution < -0.4 is 4.74 Å². The van der Waals surface area contributed by atoms with Crippen molar-refractivity contribution in [3.05, 3.63) is 82.6 Å². The maximum absolute atomic E-state index is 12.6. The third-order valence-electron chi connectivity index (χ3n) is 4.96. The van der Waals surface area contributed by atoms with Crippen LogP contribution in [0.1, 0.15) is 21.5 Å². The molecule has 1 spiro atoms. The largest absolute Gasteiger partial charge is 0.507 e. The zero-order chi connectivity index (χ0) is 19.0. The molecule has 0 saturated carbocycles. The highest BCUT2D eigenvalue weighted by Crippen LogP contribution is 2.58. The zero-order valence-electron chi connectivity index (χ0n) is 13.7. The molecule has 0 fully saturated rings. The third kappa shape index (κ3) is 1.87. The van der Waals surface area contributed by atoms with Crippen LogP contribution in [0, 0.1) is 0 Å². The van der Waals surface area contributed by atoms with Crippen molar-refractivity contribution in [1.82, 2.24) is 0 Å². The summed E-state index contributed by atoms with van der Waals surface area (Å²) in [6, 6.07) is 11.1. The van der Waals surface area contributed by atoms with Crippen LogP contribution in [0.2, 0.25) is 0 Å². The van der Waals surface area contributed by atoms with Gasteiger partial charge in [-0.25, -0.2) is 4.79 Å². The van der Waals surface area contributed by atoms with Crippen molar-refractivity contribution in [2.45, 2.75) is 11.4 Å². The Labute approximate surface area is 152 Å². The van der Waals surface area contributed by atoms with Crippen LogP contribution in [0.4, 0.5) is 0 Å². The van der Waals surface area contributed by atoms with Gasteiger partial charge < -0.3 is 24.8 Å². The van der Waals surface area contributed by atoms with Gasteiger partial charge in [0.05, 0.1) is 11.1 Å². The van der Waals surface area contributed by atoms with Crippen LogP contribution in [-0.2, 0) is 15.1 Å². The highest BCUT2D eigenvalue weighted by atomic mass is 16.6. The maximum Gasteiger partial charge on any atom is 0.340 e. The minimum Gasteiger partial charge on any atom is -0.507 e. The second-order valence-corrected chi connectivity index (χ2v) is 6.53. The highest BCUT2D eigenvalue weighted by Gasteiger charge is 2.58. The van der Waals surface area contributed by atoms with Crippen molar-refractivity contribution in [3.8, 4) is 11.5 Å². The van der Waals surface area contributed by atoms with Gasteiger partial charge in [0.15, 0.2) is 5.60 Å². The molecule has 2 aromatic rings. The molecule has 5 rings (SSSR count). The molecular weight excluding hydrogens is 352 g/mol. The molecule has 0 amide bonds. The van der Waals surface area contributed by atoms with Gasteiger partial charge in [0.1, 0.15) is 17.3 Å². The number of hydrogen-bond acceptors (Lipinski definition) is 7. The van der Waals surface area contributed by atoms with Crippen LogP contribution >= 0.6 is 0 Å². The molecule has 7 nitrogen and oxygen atoms in total. The average Bonchev–Trinajstić information content (AvgIpc) is 2.91. The first-order chi connectivity index (χ1) is 12.8. The number of ketones is 1. The number of aliphatic hydroxyl groups is 2. The monoisotopic (exact) mass is 364 g/mol. The summed E-state index contributed by atoms with van der Waals surface area (Å²) >= 11 is 0. The Morgan fingerprint density at radius 2 is 1.74 bits per heavy atom. The van der Waals surface area contributed by atoms with E-state index in [1.165, 1.54) is 6.07 Å².